The van der Waals surface area contributed by atoms with E-state index in [0.717, 1.165) is 38.4 Å². The largest absolute Gasteiger partial charge is 0.416 e. The lowest BCUT2D eigenvalue weighted by molar-refractivity contribution is -0.138. The van der Waals surface area contributed by atoms with Crippen LogP contribution in [0.5, 0.6) is 0 Å². The zero-order valence-corrected chi connectivity index (χ0v) is 21.0. The number of nitrogens with zero attached hydrogens (tertiary/aromatic N) is 1. The maximum absolute atomic E-state index is 14.0. The molecule has 1 aliphatic rings. The number of sulfone groups is 1. The van der Waals surface area contributed by atoms with E-state index < -0.39 is 27.5 Å². The minimum atomic E-state index is -4.66. The Labute approximate surface area is 208 Å². The van der Waals surface area contributed by atoms with Crippen molar-refractivity contribution < 1.29 is 26.4 Å². The fraction of sp³-hybridized carbons (Fsp3) is 0.400. The molecule has 0 spiro atoms. The highest BCUT2D eigenvalue weighted by Crippen LogP contribution is 2.36. The highest BCUT2D eigenvalue weighted by Gasteiger charge is 2.35. The molecule has 10 heteroatoms. The van der Waals surface area contributed by atoms with Crippen molar-refractivity contribution in [2.45, 2.75) is 50.3 Å². The van der Waals surface area contributed by atoms with Gasteiger partial charge in [-0.3, -0.25) is 9.69 Å². The third-order valence-corrected chi connectivity index (χ3v) is 8.14. The first-order valence-electron chi connectivity index (χ1n) is 11.3. The van der Waals surface area contributed by atoms with Crippen molar-refractivity contribution in [2.75, 3.05) is 18.8 Å². The minimum Gasteiger partial charge on any atom is -0.348 e. The molecule has 0 radical (unpaired) electrons. The maximum Gasteiger partial charge on any atom is 0.416 e. The number of likely N-dealkylation sites (tertiary alicyclic amines) is 1. The Kier molecular flexibility index (Phi) is 8.67. The van der Waals surface area contributed by atoms with Crippen LogP contribution in [-0.2, 0) is 29.1 Å². The first-order chi connectivity index (χ1) is 16.5. The van der Waals surface area contributed by atoms with Crippen LogP contribution in [0.15, 0.2) is 41.8 Å². The fourth-order valence-electron chi connectivity index (χ4n) is 4.20. The van der Waals surface area contributed by atoms with Gasteiger partial charge >= 0.3 is 6.18 Å². The molecule has 0 atom stereocenters. The van der Waals surface area contributed by atoms with Crippen LogP contribution in [0.25, 0.3) is 6.08 Å². The molecule has 3 rings (SSSR count). The summed E-state index contributed by atoms with van der Waals surface area (Å²) in [5, 5.41) is 2.81. The predicted octanol–water partition coefficient (Wildman–Crippen LogP) is 5.71. The second kappa shape index (κ2) is 11.1. The van der Waals surface area contributed by atoms with Crippen molar-refractivity contribution in [3.8, 4) is 0 Å². The Morgan fingerprint density at radius 2 is 1.86 bits per heavy atom. The number of hydrogen-bond acceptors (Lipinski definition) is 4. The first kappa shape index (κ1) is 27.2. The topological polar surface area (TPSA) is 66.5 Å². The van der Waals surface area contributed by atoms with Crippen molar-refractivity contribution in [1.82, 2.24) is 10.2 Å². The number of hydrogen-bond donors (Lipinski definition) is 1. The van der Waals surface area contributed by atoms with Crippen LogP contribution in [0.2, 0.25) is 5.02 Å². The van der Waals surface area contributed by atoms with Crippen LogP contribution in [-0.4, -0.2) is 38.1 Å². The van der Waals surface area contributed by atoms with Gasteiger partial charge in [0.25, 0.3) is 5.91 Å². The number of alkyl halides is 3. The average Bonchev–Trinajstić information content (AvgIpc) is 2.82. The van der Waals surface area contributed by atoms with Crippen LogP contribution in [0, 0.1) is 0 Å². The number of piperidine rings is 1. The number of rotatable bonds is 8. The number of benzene rings is 2. The maximum atomic E-state index is 14.0. The molecule has 1 N–H and O–H groups in total. The number of amides is 1. The van der Waals surface area contributed by atoms with E-state index >= 15 is 0 Å². The lowest BCUT2D eigenvalue weighted by atomic mass is 9.95. The summed E-state index contributed by atoms with van der Waals surface area (Å²) in [5.41, 5.74) is -0.460. The molecule has 35 heavy (non-hydrogen) atoms. The van der Waals surface area contributed by atoms with E-state index in [9.17, 15) is 26.4 Å². The molecule has 2 aromatic rings. The van der Waals surface area contributed by atoms with Crippen LogP contribution in [0.3, 0.4) is 0 Å². The van der Waals surface area contributed by atoms with Gasteiger partial charge in [-0.1, -0.05) is 37.6 Å². The minimum absolute atomic E-state index is 0.0179. The Balaban J connectivity index is 1.92. The summed E-state index contributed by atoms with van der Waals surface area (Å²) in [7, 11) is -3.59. The fourth-order valence-corrected chi connectivity index (χ4v) is 5.51. The number of carbonyl (C=O) groups is 1. The quantitative estimate of drug-likeness (QED) is 0.476. The van der Waals surface area contributed by atoms with Gasteiger partial charge in [-0.15, -0.1) is 0 Å². The van der Waals surface area contributed by atoms with Gasteiger partial charge in [-0.05, 0) is 73.0 Å². The van der Waals surface area contributed by atoms with Gasteiger partial charge in [-0.2, -0.15) is 13.2 Å². The molecule has 0 aromatic heterocycles. The number of carbonyl (C=O) groups excluding carboxylic acids is 1. The smallest absolute Gasteiger partial charge is 0.348 e. The van der Waals surface area contributed by atoms with Crippen LogP contribution < -0.4 is 5.32 Å². The third-order valence-electron chi connectivity index (χ3n) is 6.08. The Morgan fingerprint density at radius 1 is 1.17 bits per heavy atom. The van der Waals surface area contributed by atoms with Crippen molar-refractivity contribution in [3.05, 3.63) is 69.8 Å². The van der Waals surface area contributed by atoms with Gasteiger partial charge in [0.15, 0.2) is 9.84 Å². The Hall–Kier alpha value is -2.36. The van der Waals surface area contributed by atoms with Gasteiger partial charge in [0.2, 0.25) is 0 Å². The SMILES string of the molecule is C=Cc1cc(C(=O)NCc2cc(Cl)ccc2S(=O)(=O)CC)cc(C(F)(F)F)c1CN1CCCCC1. The second-order valence-electron chi connectivity index (χ2n) is 8.47. The third kappa shape index (κ3) is 6.65. The zero-order valence-electron chi connectivity index (χ0n) is 19.4. The molecule has 1 heterocycles. The molecular formula is C25H28ClF3N2O3S. The lowest BCUT2D eigenvalue weighted by Crippen LogP contribution is -2.31. The summed E-state index contributed by atoms with van der Waals surface area (Å²) in [6.45, 7) is 6.51. The highest BCUT2D eigenvalue weighted by atomic mass is 35.5. The number of halogens is 4. The summed E-state index contributed by atoms with van der Waals surface area (Å²) in [6.07, 6.45) is -0.401. The molecule has 0 saturated carbocycles. The van der Waals surface area contributed by atoms with E-state index in [4.69, 9.17) is 11.6 Å². The van der Waals surface area contributed by atoms with Crippen molar-refractivity contribution in [1.29, 1.82) is 0 Å². The predicted molar refractivity (Wildman–Crippen MR) is 131 cm³/mol. The van der Waals surface area contributed by atoms with E-state index in [1.54, 1.807) is 0 Å². The summed E-state index contributed by atoms with van der Waals surface area (Å²) in [6, 6.07) is 6.45. The zero-order chi connectivity index (χ0) is 25.8. The van der Waals surface area contributed by atoms with Crippen molar-refractivity contribution in [2.24, 2.45) is 0 Å². The van der Waals surface area contributed by atoms with Crippen molar-refractivity contribution in [3.63, 3.8) is 0 Å². The first-order valence-corrected chi connectivity index (χ1v) is 13.4. The molecule has 2 aromatic carbocycles. The van der Waals surface area contributed by atoms with Gasteiger partial charge in [0.1, 0.15) is 0 Å². The molecule has 1 fully saturated rings. The lowest BCUT2D eigenvalue weighted by Gasteiger charge is -2.28. The van der Waals surface area contributed by atoms with Crippen LogP contribution >= 0.6 is 11.6 Å². The molecule has 1 saturated heterocycles. The van der Waals surface area contributed by atoms with Gasteiger partial charge in [-0.25, -0.2) is 8.42 Å². The molecule has 1 amide bonds. The van der Waals surface area contributed by atoms with E-state index in [0.29, 0.717) is 0 Å². The monoisotopic (exact) mass is 528 g/mol. The summed E-state index contributed by atoms with van der Waals surface area (Å²) >= 11 is 6.00. The second-order valence-corrected chi connectivity index (χ2v) is 11.2. The van der Waals surface area contributed by atoms with E-state index in [2.05, 4.69) is 11.9 Å². The number of nitrogens with one attached hydrogen (secondary N) is 1. The van der Waals surface area contributed by atoms with E-state index in [1.165, 1.54) is 37.3 Å². The molecule has 0 aliphatic carbocycles. The normalized spacial score (nSPS) is 15.1. The van der Waals surface area contributed by atoms with Crippen LogP contribution in [0.4, 0.5) is 13.2 Å². The molecule has 1 aliphatic heterocycles. The summed E-state index contributed by atoms with van der Waals surface area (Å²) in [5.74, 6) is -0.908. The molecular weight excluding hydrogens is 501 g/mol. The molecule has 0 bridgehead atoms. The standard InChI is InChI=1S/C25H28ClF3N2O3S/c1-3-17-12-18(14-22(25(27,28)29)21(17)16-31-10-6-5-7-11-31)24(32)30-15-19-13-20(26)8-9-23(19)35(33,34)4-2/h3,8-9,12-14H,1,4-7,10-11,15-16H2,2H3,(H,30,32). The van der Waals surface area contributed by atoms with Gasteiger partial charge in [0.05, 0.1) is 16.2 Å². The van der Waals surface area contributed by atoms with E-state index in [-0.39, 0.29) is 51.0 Å². The van der Waals surface area contributed by atoms with Gasteiger partial charge in [0, 0.05) is 23.7 Å². The summed E-state index contributed by atoms with van der Waals surface area (Å²) < 4.78 is 66.8. The molecule has 5 nitrogen and oxygen atoms in total. The van der Waals surface area contributed by atoms with E-state index in [1.807, 2.05) is 4.90 Å². The molecule has 190 valence electrons. The van der Waals surface area contributed by atoms with Gasteiger partial charge < -0.3 is 5.32 Å². The average molecular weight is 529 g/mol. The summed E-state index contributed by atoms with van der Waals surface area (Å²) in [4.78, 5) is 14.9. The Bertz CT molecular complexity index is 1210. The Morgan fingerprint density at radius 3 is 2.46 bits per heavy atom. The van der Waals surface area contributed by atoms with Crippen LogP contribution in [0.1, 0.15) is 58.8 Å². The van der Waals surface area contributed by atoms with Crippen molar-refractivity contribution >= 4 is 33.4 Å². The highest BCUT2D eigenvalue weighted by molar-refractivity contribution is 7.91. The molecule has 0 unspecified atom stereocenters.